The number of imidazole rings is 1. The Morgan fingerprint density at radius 2 is 2.23 bits per heavy atom. The van der Waals surface area contributed by atoms with E-state index in [2.05, 4.69) is 4.98 Å². The van der Waals surface area contributed by atoms with E-state index in [-0.39, 0.29) is 11.7 Å². The van der Waals surface area contributed by atoms with Crippen molar-refractivity contribution in [1.82, 2.24) is 14.5 Å². The normalized spacial score (nSPS) is 10.7. The van der Waals surface area contributed by atoms with E-state index in [1.54, 1.807) is 17.2 Å². The van der Waals surface area contributed by atoms with Crippen molar-refractivity contribution in [2.45, 2.75) is 32.1 Å². The molecule has 0 fully saturated rings. The van der Waals surface area contributed by atoms with Crippen LogP contribution >= 0.6 is 11.8 Å². The second kappa shape index (κ2) is 7.98. The molecule has 0 aliphatic heterocycles. The number of aromatic nitrogens is 2. The molecule has 0 unspecified atom stereocenters. The smallest absolute Gasteiger partial charge is 0.233 e. The molecule has 0 bridgehead atoms. The molecule has 1 aromatic carbocycles. The third kappa shape index (κ3) is 4.34. The quantitative estimate of drug-likeness (QED) is 0.735. The van der Waals surface area contributed by atoms with Gasteiger partial charge in [-0.25, -0.2) is 9.37 Å². The van der Waals surface area contributed by atoms with Crippen molar-refractivity contribution in [3.63, 3.8) is 0 Å². The van der Waals surface area contributed by atoms with E-state index in [1.807, 2.05) is 30.7 Å². The summed E-state index contributed by atoms with van der Waals surface area (Å²) in [5.74, 6) is 0.0861. The molecule has 0 aliphatic rings. The first-order valence-corrected chi connectivity index (χ1v) is 8.28. The predicted molar refractivity (Wildman–Crippen MR) is 86.1 cm³/mol. The third-order valence-corrected chi connectivity index (χ3v) is 4.33. The largest absolute Gasteiger partial charge is 0.338 e. The van der Waals surface area contributed by atoms with Crippen LogP contribution in [0.3, 0.4) is 0 Å². The van der Waals surface area contributed by atoms with Crippen LogP contribution in [0.1, 0.15) is 19.4 Å². The molecule has 0 atom stereocenters. The SMILES string of the molecule is CCN(Cc1cccc(F)c1)C(=O)CSc1nccn1CC. The number of halogens is 1. The number of aryl methyl sites for hydroxylation is 1. The molecule has 2 aromatic rings. The Bertz CT molecular complexity index is 629. The van der Waals surface area contributed by atoms with Gasteiger partial charge in [0.1, 0.15) is 5.82 Å². The molecule has 2 rings (SSSR count). The van der Waals surface area contributed by atoms with Crippen LogP contribution in [0.4, 0.5) is 4.39 Å². The Kier molecular flexibility index (Phi) is 6.00. The second-order valence-corrected chi connectivity index (χ2v) is 5.76. The average Bonchev–Trinajstić information content (AvgIpc) is 2.97. The third-order valence-electron chi connectivity index (χ3n) is 3.34. The molecule has 22 heavy (non-hydrogen) atoms. The van der Waals surface area contributed by atoms with Gasteiger partial charge in [0.25, 0.3) is 0 Å². The molecule has 0 saturated carbocycles. The minimum absolute atomic E-state index is 0.0300. The van der Waals surface area contributed by atoms with Crippen LogP contribution in [0.15, 0.2) is 41.8 Å². The first kappa shape index (κ1) is 16.5. The molecule has 0 N–H and O–H groups in total. The molecule has 1 amide bonds. The van der Waals surface area contributed by atoms with Gasteiger partial charge in [-0.2, -0.15) is 0 Å². The van der Waals surface area contributed by atoms with E-state index >= 15 is 0 Å². The number of rotatable bonds is 7. The number of carbonyl (C=O) groups excluding carboxylic acids is 1. The fourth-order valence-electron chi connectivity index (χ4n) is 2.13. The highest BCUT2D eigenvalue weighted by Gasteiger charge is 2.14. The highest BCUT2D eigenvalue weighted by Crippen LogP contribution is 2.17. The standard InChI is InChI=1S/C16H20FN3OS/c1-3-19-9-8-18-16(19)22-12-15(21)20(4-2)11-13-6-5-7-14(17)10-13/h5-10H,3-4,11-12H2,1-2H3. The summed E-state index contributed by atoms with van der Waals surface area (Å²) in [5, 5.41) is 0.845. The average molecular weight is 321 g/mol. The van der Waals surface area contributed by atoms with Crippen molar-refractivity contribution in [3.05, 3.63) is 48.0 Å². The maximum Gasteiger partial charge on any atom is 0.233 e. The molecular weight excluding hydrogens is 301 g/mol. The predicted octanol–water partition coefficient (Wildman–Crippen LogP) is 3.18. The van der Waals surface area contributed by atoms with Crippen molar-refractivity contribution >= 4 is 17.7 Å². The van der Waals surface area contributed by atoms with Gasteiger partial charge in [-0.15, -0.1) is 0 Å². The van der Waals surface area contributed by atoms with Crippen LogP contribution in [0.25, 0.3) is 0 Å². The molecule has 1 aromatic heterocycles. The van der Waals surface area contributed by atoms with Gasteiger partial charge in [-0.3, -0.25) is 4.79 Å². The number of hydrogen-bond donors (Lipinski definition) is 0. The summed E-state index contributed by atoms with van der Waals surface area (Å²) < 4.78 is 15.2. The molecule has 0 spiro atoms. The summed E-state index contributed by atoms with van der Waals surface area (Å²) in [6.45, 7) is 5.82. The highest BCUT2D eigenvalue weighted by atomic mass is 32.2. The Morgan fingerprint density at radius 1 is 1.41 bits per heavy atom. The molecule has 118 valence electrons. The Hall–Kier alpha value is -1.82. The zero-order valence-electron chi connectivity index (χ0n) is 12.8. The van der Waals surface area contributed by atoms with E-state index in [4.69, 9.17) is 0 Å². The molecule has 0 saturated heterocycles. The first-order chi connectivity index (χ1) is 10.6. The van der Waals surface area contributed by atoms with Crippen LogP contribution in [-0.2, 0) is 17.9 Å². The minimum Gasteiger partial charge on any atom is -0.338 e. The summed E-state index contributed by atoms with van der Waals surface area (Å²) >= 11 is 1.43. The molecular formula is C16H20FN3OS. The fourth-order valence-corrected chi connectivity index (χ4v) is 3.05. The summed E-state index contributed by atoms with van der Waals surface area (Å²) in [4.78, 5) is 18.3. The molecule has 0 radical (unpaired) electrons. The van der Waals surface area contributed by atoms with Crippen LogP contribution < -0.4 is 0 Å². The van der Waals surface area contributed by atoms with Gasteiger partial charge in [-0.05, 0) is 31.5 Å². The van der Waals surface area contributed by atoms with E-state index in [0.717, 1.165) is 17.3 Å². The van der Waals surface area contributed by atoms with Crippen LogP contribution in [-0.4, -0.2) is 32.7 Å². The van der Waals surface area contributed by atoms with Crippen LogP contribution in [0.5, 0.6) is 0 Å². The van der Waals surface area contributed by atoms with Crippen molar-refractivity contribution in [1.29, 1.82) is 0 Å². The second-order valence-electron chi connectivity index (χ2n) is 4.82. The number of benzene rings is 1. The zero-order chi connectivity index (χ0) is 15.9. The van der Waals surface area contributed by atoms with Gasteiger partial charge < -0.3 is 9.47 Å². The lowest BCUT2D eigenvalue weighted by atomic mass is 10.2. The number of thioether (sulfide) groups is 1. The van der Waals surface area contributed by atoms with Gasteiger partial charge in [0, 0.05) is 32.0 Å². The van der Waals surface area contributed by atoms with E-state index in [1.165, 1.54) is 23.9 Å². The van der Waals surface area contributed by atoms with Crippen molar-refractivity contribution in [2.24, 2.45) is 0 Å². The van der Waals surface area contributed by atoms with E-state index < -0.39 is 0 Å². The maximum atomic E-state index is 13.2. The number of hydrogen-bond acceptors (Lipinski definition) is 3. The lowest BCUT2D eigenvalue weighted by Gasteiger charge is -2.21. The van der Waals surface area contributed by atoms with E-state index in [9.17, 15) is 9.18 Å². The first-order valence-electron chi connectivity index (χ1n) is 7.30. The van der Waals surface area contributed by atoms with E-state index in [0.29, 0.717) is 18.8 Å². The molecule has 4 nitrogen and oxygen atoms in total. The number of amides is 1. The summed E-state index contributed by atoms with van der Waals surface area (Å²) in [5.41, 5.74) is 0.801. The Morgan fingerprint density at radius 3 is 2.91 bits per heavy atom. The summed E-state index contributed by atoms with van der Waals surface area (Å²) in [7, 11) is 0. The van der Waals surface area contributed by atoms with Gasteiger partial charge >= 0.3 is 0 Å². The summed E-state index contributed by atoms with van der Waals surface area (Å²) in [6.07, 6.45) is 3.64. The number of carbonyl (C=O) groups is 1. The maximum absolute atomic E-state index is 13.2. The van der Waals surface area contributed by atoms with Gasteiger partial charge in [-0.1, -0.05) is 23.9 Å². The van der Waals surface area contributed by atoms with Crippen molar-refractivity contribution in [3.8, 4) is 0 Å². The zero-order valence-corrected chi connectivity index (χ0v) is 13.6. The van der Waals surface area contributed by atoms with Gasteiger partial charge in [0.2, 0.25) is 5.91 Å². The summed E-state index contributed by atoms with van der Waals surface area (Å²) in [6, 6.07) is 6.36. The number of nitrogens with zero attached hydrogens (tertiary/aromatic N) is 3. The van der Waals surface area contributed by atoms with Crippen molar-refractivity contribution < 1.29 is 9.18 Å². The Labute approximate surface area is 134 Å². The minimum atomic E-state index is -0.277. The van der Waals surface area contributed by atoms with Crippen LogP contribution in [0, 0.1) is 5.82 Å². The van der Waals surface area contributed by atoms with Crippen LogP contribution in [0.2, 0.25) is 0 Å². The van der Waals surface area contributed by atoms with Gasteiger partial charge in [0.05, 0.1) is 5.75 Å². The lowest BCUT2D eigenvalue weighted by molar-refractivity contribution is -0.128. The molecule has 6 heteroatoms. The fraction of sp³-hybridized carbons (Fsp3) is 0.375. The topological polar surface area (TPSA) is 38.1 Å². The molecule has 1 heterocycles. The lowest BCUT2D eigenvalue weighted by Crippen LogP contribution is -2.31. The van der Waals surface area contributed by atoms with Crippen molar-refractivity contribution in [2.75, 3.05) is 12.3 Å². The Balaban J connectivity index is 1.94. The van der Waals surface area contributed by atoms with Gasteiger partial charge in [0.15, 0.2) is 5.16 Å². The highest BCUT2D eigenvalue weighted by molar-refractivity contribution is 7.99. The monoisotopic (exact) mass is 321 g/mol. The molecule has 0 aliphatic carbocycles.